The molecule has 0 spiro atoms. The van der Waals surface area contributed by atoms with Gasteiger partial charge in [0.2, 0.25) is 0 Å². The Morgan fingerprint density at radius 3 is 2.57 bits per heavy atom. The summed E-state index contributed by atoms with van der Waals surface area (Å²) in [6.45, 7) is 0. The van der Waals surface area contributed by atoms with E-state index >= 15 is 0 Å². The maximum absolute atomic E-state index is 5.55. The molecule has 14 heavy (non-hydrogen) atoms. The van der Waals surface area contributed by atoms with E-state index in [1.165, 1.54) is 3.57 Å². The summed E-state index contributed by atoms with van der Waals surface area (Å²) in [5.74, 6) is 0.805. The lowest BCUT2D eigenvalue weighted by Gasteiger charge is -2.04. The fraction of sp³-hybridized carbons (Fsp3) is 0.100. The van der Waals surface area contributed by atoms with Gasteiger partial charge in [-0.1, -0.05) is 0 Å². The van der Waals surface area contributed by atoms with E-state index in [0.29, 0.717) is 6.01 Å². The molecule has 0 saturated heterocycles. The molecule has 0 bridgehead atoms. The molecule has 1 aromatic carbocycles. The predicted molar refractivity (Wildman–Crippen MR) is 62.4 cm³/mol. The molecular formula is C10H9IN2O. The Bertz CT molecular complexity index is 422. The highest BCUT2D eigenvalue weighted by Gasteiger charge is 2.01. The van der Waals surface area contributed by atoms with E-state index in [2.05, 4.69) is 27.6 Å². The number of aromatic nitrogens is 2. The minimum absolute atomic E-state index is 0.603. The van der Waals surface area contributed by atoms with Crippen LogP contribution in [0, 0.1) is 3.57 Å². The number of aryl methyl sites for hydroxylation is 1. The highest BCUT2D eigenvalue weighted by atomic mass is 127. The highest BCUT2D eigenvalue weighted by molar-refractivity contribution is 14.1. The van der Waals surface area contributed by atoms with Crippen LogP contribution in [0.2, 0.25) is 0 Å². The van der Waals surface area contributed by atoms with Gasteiger partial charge in [-0.3, -0.25) is 0 Å². The van der Waals surface area contributed by atoms with Gasteiger partial charge in [0, 0.05) is 23.0 Å². The lowest BCUT2D eigenvalue weighted by molar-refractivity contribution is 0.425. The third kappa shape index (κ3) is 2.06. The molecular weight excluding hydrogens is 291 g/mol. The van der Waals surface area contributed by atoms with Gasteiger partial charge in [0.15, 0.2) is 0 Å². The van der Waals surface area contributed by atoms with Crippen LogP contribution in [0.1, 0.15) is 0 Å². The van der Waals surface area contributed by atoms with Gasteiger partial charge in [-0.05, 0) is 46.9 Å². The van der Waals surface area contributed by atoms with Crippen LogP contribution in [0.4, 0.5) is 0 Å². The zero-order valence-electron chi connectivity index (χ0n) is 7.64. The molecule has 0 atom stereocenters. The largest absolute Gasteiger partial charge is 0.426 e. The Hall–Kier alpha value is -1.04. The minimum Gasteiger partial charge on any atom is -0.426 e. The van der Waals surface area contributed by atoms with Crippen molar-refractivity contribution in [3.8, 4) is 11.8 Å². The highest BCUT2D eigenvalue weighted by Crippen LogP contribution is 2.19. The van der Waals surface area contributed by atoms with Crippen LogP contribution in [0.25, 0.3) is 0 Å². The zero-order valence-corrected chi connectivity index (χ0v) is 9.80. The molecule has 0 aliphatic heterocycles. The lowest BCUT2D eigenvalue weighted by Crippen LogP contribution is -1.93. The van der Waals surface area contributed by atoms with Crippen LogP contribution in [-0.2, 0) is 7.05 Å². The third-order valence-corrected chi connectivity index (χ3v) is 2.52. The van der Waals surface area contributed by atoms with Crippen LogP contribution in [-0.4, -0.2) is 9.55 Å². The smallest absolute Gasteiger partial charge is 0.301 e. The first-order valence-electron chi connectivity index (χ1n) is 4.16. The number of nitrogens with zero attached hydrogens (tertiary/aromatic N) is 2. The van der Waals surface area contributed by atoms with Crippen molar-refractivity contribution in [3.05, 3.63) is 40.2 Å². The maximum Gasteiger partial charge on any atom is 0.301 e. The number of hydrogen-bond acceptors (Lipinski definition) is 2. The first-order valence-corrected chi connectivity index (χ1v) is 5.24. The van der Waals surface area contributed by atoms with Crippen molar-refractivity contribution in [2.24, 2.45) is 7.05 Å². The topological polar surface area (TPSA) is 27.1 Å². The molecule has 0 amide bonds. The Kier molecular flexibility index (Phi) is 2.72. The van der Waals surface area contributed by atoms with Gasteiger partial charge in [-0.25, -0.2) is 4.98 Å². The molecule has 2 aromatic rings. The molecule has 0 unspecified atom stereocenters. The monoisotopic (exact) mass is 300 g/mol. The molecule has 0 radical (unpaired) electrons. The van der Waals surface area contributed by atoms with E-state index in [9.17, 15) is 0 Å². The second-order valence-corrected chi connectivity index (χ2v) is 4.12. The summed E-state index contributed by atoms with van der Waals surface area (Å²) < 4.78 is 8.57. The van der Waals surface area contributed by atoms with E-state index < -0.39 is 0 Å². The van der Waals surface area contributed by atoms with Crippen LogP contribution in [0.3, 0.4) is 0 Å². The Labute approximate surface area is 95.9 Å². The van der Waals surface area contributed by atoms with Crippen molar-refractivity contribution >= 4 is 22.6 Å². The zero-order chi connectivity index (χ0) is 9.97. The van der Waals surface area contributed by atoms with Crippen LogP contribution in [0.15, 0.2) is 36.7 Å². The van der Waals surface area contributed by atoms with Crippen LogP contribution < -0.4 is 4.74 Å². The van der Waals surface area contributed by atoms with E-state index in [0.717, 1.165) is 5.75 Å². The first-order chi connectivity index (χ1) is 6.75. The maximum atomic E-state index is 5.55. The SMILES string of the molecule is Cn1ccnc1Oc1ccc(I)cc1. The minimum atomic E-state index is 0.603. The summed E-state index contributed by atoms with van der Waals surface area (Å²) in [7, 11) is 1.90. The van der Waals surface area contributed by atoms with Crippen molar-refractivity contribution in [3.63, 3.8) is 0 Å². The summed E-state index contributed by atoms with van der Waals surface area (Å²) in [5, 5.41) is 0. The molecule has 72 valence electrons. The fourth-order valence-corrected chi connectivity index (χ4v) is 1.42. The van der Waals surface area contributed by atoms with Gasteiger partial charge in [0.25, 0.3) is 0 Å². The average molecular weight is 300 g/mol. The molecule has 0 N–H and O–H groups in total. The Morgan fingerprint density at radius 2 is 2.00 bits per heavy atom. The van der Waals surface area contributed by atoms with E-state index in [1.807, 2.05) is 42.1 Å². The standard InChI is InChI=1S/C10H9IN2O/c1-13-7-6-12-10(13)14-9-4-2-8(11)3-5-9/h2-7H,1H3. The normalized spacial score (nSPS) is 10.1. The average Bonchev–Trinajstić information content (AvgIpc) is 2.56. The number of rotatable bonds is 2. The van der Waals surface area contributed by atoms with Crippen molar-refractivity contribution < 1.29 is 4.74 Å². The van der Waals surface area contributed by atoms with Crippen LogP contribution >= 0.6 is 22.6 Å². The summed E-state index contributed by atoms with van der Waals surface area (Å²) in [6.07, 6.45) is 3.56. The molecule has 1 heterocycles. The molecule has 3 nitrogen and oxygen atoms in total. The number of ether oxygens (including phenoxy) is 1. The van der Waals surface area contributed by atoms with Crippen LogP contribution in [0.5, 0.6) is 11.8 Å². The molecule has 1 aromatic heterocycles. The summed E-state index contributed by atoms with van der Waals surface area (Å²) in [5.41, 5.74) is 0. The molecule has 0 saturated carbocycles. The second-order valence-electron chi connectivity index (χ2n) is 2.88. The van der Waals surface area contributed by atoms with Gasteiger partial charge in [0.1, 0.15) is 5.75 Å². The molecule has 0 aliphatic rings. The molecule has 0 aliphatic carbocycles. The van der Waals surface area contributed by atoms with E-state index in [-0.39, 0.29) is 0 Å². The van der Waals surface area contributed by atoms with Gasteiger partial charge in [-0.2, -0.15) is 0 Å². The van der Waals surface area contributed by atoms with Crippen molar-refractivity contribution in [1.29, 1.82) is 0 Å². The summed E-state index contributed by atoms with van der Waals surface area (Å²) >= 11 is 2.26. The molecule has 2 rings (SSSR count). The summed E-state index contributed by atoms with van der Waals surface area (Å²) in [4.78, 5) is 4.07. The number of benzene rings is 1. The quantitative estimate of drug-likeness (QED) is 0.798. The molecule has 4 heteroatoms. The van der Waals surface area contributed by atoms with E-state index in [4.69, 9.17) is 4.74 Å². The summed E-state index contributed by atoms with van der Waals surface area (Å²) in [6, 6.07) is 8.45. The van der Waals surface area contributed by atoms with Gasteiger partial charge in [0.05, 0.1) is 0 Å². The first kappa shape index (κ1) is 9.51. The Morgan fingerprint density at radius 1 is 1.29 bits per heavy atom. The van der Waals surface area contributed by atoms with Gasteiger partial charge < -0.3 is 9.30 Å². The van der Waals surface area contributed by atoms with Crippen molar-refractivity contribution in [2.45, 2.75) is 0 Å². The van der Waals surface area contributed by atoms with Crippen molar-refractivity contribution in [2.75, 3.05) is 0 Å². The third-order valence-electron chi connectivity index (χ3n) is 1.80. The fourth-order valence-electron chi connectivity index (χ4n) is 1.06. The lowest BCUT2D eigenvalue weighted by atomic mass is 10.3. The second kappa shape index (κ2) is 4.00. The number of hydrogen-bond donors (Lipinski definition) is 0. The Balaban J connectivity index is 2.19. The van der Waals surface area contributed by atoms with Gasteiger partial charge >= 0.3 is 6.01 Å². The number of halogens is 1. The van der Waals surface area contributed by atoms with E-state index in [1.54, 1.807) is 6.20 Å². The number of imidazole rings is 1. The predicted octanol–water partition coefficient (Wildman–Crippen LogP) is 2.82. The van der Waals surface area contributed by atoms with Crippen molar-refractivity contribution in [1.82, 2.24) is 9.55 Å². The molecule has 0 fully saturated rings. The van der Waals surface area contributed by atoms with Gasteiger partial charge in [-0.15, -0.1) is 0 Å².